The van der Waals surface area contributed by atoms with Crippen LogP contribution in [0.4, 0.5) is 0 Å². The standard InChI is InChI=1S/8CH3N/c8*1-2/h8*2H,1H2. The summed E-state index contributed by atoms with van der Waals surface area (Å²) in [4.78, 5) is 0. The van der Waals surface area contributed by atoms with Crippen molar-refractivity contribution in [1.82, 2.24) is 0 Å². The Bertz CT molecular complexity index is 40.0. The Balaban J connectivity index is -0.00000000762. The minimum atomic E-state index is 2.50. The molecule has 0 aliphatic rings. The third-order valence-corrected chi connectivity index (χ3v) is 0. The maximum Gasteiger partial charge on any atom is -0.0187 e. The highest BCUT2D eigenvalue weighted by Crippen LogP contribution is 0.646. The number of hydrogen-bond acceptors (Lipinski definition) is 8. The van der Waals surface area contributed by atoms with Crippen molar-refractivity contribution in [2.75, 3.05) is 0 Å². The first-order valence-corrected chi connectivity index (χ1v) is 2.83. The molecule has 0 aromatic rings. The molecule has 0 heterocycles. The fourth-order valence-corrected chi connectivity index (χ4v) is 0. The van der Waals surface area contributed by atoms with Crippen LogP contribution in [0.5, 0.6) is 0 Å². The van der Waals surface area contributed by atoms with Gasteiger partial charge in [-0.3, -0.25) is 0 Å². The molecule has 0 fully saturated rings. The van der Waals surface area contributed by atoms with E-state index in [0.29, 0.717) is 0 Å². The van der Waals surface area contributed by atoms with Crippen molar-refractivity contribution in [2.24, 2.45) is 0 Å². The average Bonchev–Trinajstić information content (AvgIpc) is 2.54. The number of rotatable bonds is 0. The molecule has 0 amide bonds. The van der Waals surface area contributed by atoms with Crippen LogP contribution >= 0.6 is 0 Å². The molecule has 0 saturated carbocycles. The first-order valence-electron chi connectivity index (χ1n) is 2.83. The Labute approximate surface area is 97.8 Å². The monoisotopic (exact) mass is 232 g/mol. The van der Waals surface area contributed by atoms with Crippen LogP contribution in [0, 0.1) is 43.3 Å². The van der Waals surface area contributed by atoms with Gasteiger partial charge >= 0.3 is 0 Å². The van der Waals surface area contributed by atoms with E-state index in [-0.39, 0.29) is 0 Å². The highest BCUT2D eigenvalue weighted by molar-refractivity contribution is 5.16. The van der Waals surface area contributed by atoms with E-state index in [2.05, 4.69) is 53.7 Å². The van der Waals surface area contributed by atoms with Gasteiger partial charge in [-0.25, -0.2) is 0 Å². The van der Waals surface area contributed by atoms with E-state index in [9.17, 15) is 0 Å². The van der Waals surface area contributed by atoms with Gasteiger partial charge in [-0.1, -0.05) is 0 Å². The van der Waals surface area contributed by atoms with Crippen molar-refractivity contribution in [3.63, 3.8) is 0 Å². The van der Waals surface area contributed by atoms with E-state index in [1.54, 1.807) is 0 Å². The zero-order valence-electron chi connectivity index (χ0n) is 9.66. The molecule has 0 aliphatic carbocycles. The summed E-state index contributed by atoms with van der Waals surface area (Å²) in [6, 6.07) is 0. The molecule has 0 saturated heterocycles. The molecular weight excluding hydrogens is 208 g/mol. The maximum absolute atomic E-state index is 5.50. The summed E-state index contributed by atoms with van der Waals surface area (Å²) in [5.41, 5.74) is 0. The fourth-order valence-electron chi connectivity index (χ4n) is 0. The molecular formula is C8H24N8. The Morgan fingerprint density at radius 1 is 0.188 bits per heavy atom. The molecule has 8 heteroatoms. The van der Waals surface area contributed by atoms with Gasteiger partial charge in [0.25, 0.3) is 0 Å². The van der Waals surface area contributed by atoms with Crippen LogP contribution in [0.15, 0.2) is 0 Å². The van der Waals surface area contributed by atoms with Crippen molar-refractivity contribution in [3.8, 4) is 0 Å². The predicted molar refractivity (Wildman–Crippen MR) is 78.7 cm³/mol. The highest BCUT2D eigenvalue weighted by atomic mass is 14.2. The Kier molecular flexibility index (Phi) is 1020. The molecule has 0 spiro atoms. The van der Waals surface area contributed by atoms with Gasteiger partial charge in [0, 0.05) is 0 Å². The molecule has 0 radical (unpaired) electrons. The third kappa shape index (κ3) is 175. The molecule has 0 aliphatic heterocycles. The highest BCUT2D eigenvalue weighted by Gasteiger charge is 0.569. The van der Waals surface area contributed by atoms with Crippen molar-refractivity contribution >= 4 is 53.7 Å². The average molecular weight is 232 g/mol. The van der Waals surface area contributed by atoms with Gasteiger partial charge in [0.1, 0.15) is 0 Å². The second kappa shape index (κ2) is 229. The van der Waals surface area contributed by atoms with Gasteiger partial charge in [0.2, 0.25) is 0 Å². The molecule has 96 valence electrons. The largest absolute Gasteiger partial charge is 0.317 e. The van der Waals surface area contributed by atoms with Crippen molar-refractivity contribution in [1.29, 1.82) is 43.3 Å². The smallest absolute Gasteiger partial charge is 0.0187 e. The van der Waals surface area contributed by atoms with E-state index >= 15 is 0 Å². The lowest BCUT2D eigenvalue weighted by atomic mass is 11.8. The lowest BCUT2D eigenvalue weighted by Gasteiger charge is -0.890. The molecule has 0 bridgehead atoms. The van der Waals surface area contributed by atoms with Gasteiger partial charge in [-0.2, -0.15) is 0 Å². The third-order valence-electron chi connectivity index (χ3n) is 0. The van der Waals surface area contributed by atoms with Crippen molar-refractivity contribution < 1.29 is 0 Å². The van der Waals surface area contributed by atoms with Gasteiger partial charge < -0.3 is 43.3 Å². The first kappa shape index (κ1) is 71.0. The van der Waals surface area contributed by atoms with E-state index in [1.807, 2.05) is 0 Å². The lowest BCUT2D eigenvalue weighted by Crippen LogP contribution is -0.827. The normalized spacial score (nSPS) is 2.00. The summed E-state index contributed by atoms with van der Waals surface area (Å²) < 4.78 is 0. The molecule has 0 aromatic carbocycles. The van der Waals surface area contributed by atoms with E-state index in [1.165, 1.54) is 0 Å². The van der Waals surface area contributed by atoms with Gasteiger partial charge in [0.05, 0.1) is 0 Å². The molecule has 0 unspecified atom stereocenters. The van der Waals surface area contributed by atoms with E-state index < -0.39 is 0 Å². The molecule has 16 heavy (non-hydrogen) atoms. The second-order valence-electron chi connectivity index (χ2n) is 0. The topological polar surface area (TPSA) is 191 Å². The summed E-state index contributed by atoms with van der Waals surface area (Å²) in [7, 11) is 0. The second-order valence-corrected chi connectivity index (χ2v) is 0. The van der Waals surface area contributed by atoms with Crippen LogP contribution in [0.1, 0.15) is 0 Å². The van der Waals surface area contributed by atoms with Crippen LogP contribution < -0.4 is 0 Å². The van der Waals surface area contributed by atoms with E-state index in [4.69, 9.17) is 43.3 Å². The summed E-state index contributed by atoms with van der Waals surface area (Å²) in [5, 5.41) is 44.0. The Hall–Kier alpha value is -2.64. The Morgan fingerprint density at radius 2 is 0.188 bits per heavy atom. The van der Waals surface area contributed by atoms with Crippen LogP contribution in [0.2, 0.25) is 0 Å². The molecule has 8 nitrogen and oxygen atoms in total. The van der Waals surface area contributed by atoms with Crippen LogP contribution in [-0.4, -0.2) is 53.7 Å². The van der Waals surface area contributed by atoms with Crippen molar-refractivity contribution in [2.45, 2.75) is 0 Å². The maximum atomic E-state index is 5.50. The summed E-state index contributed by atoms with van der Waals surface area (Å²) in [5.74, 6) is 0. The SMILES string of the molecule is C=N.C=N.C=N.C=N.C=N.C=N.C=N.C=N. The zero-order chi connectivity index (χ0) is 16.0. The molecule has 0 aromatic heterocycles. The van der Waals surface area contributed by atoms with Crippen LogP contribution in [-0.2, 0) is 0 Å². The summed E-state index contributed by atoms with van der Waals surface area (Å²) in [6.07, 6.45) is 0. The lowest BCUT2D eigenvalue weighted by molar-refractivity contribution is 1.61. The minimum Gasteiger partial charge on any atom is -0.317 e. The van der Waals surface area contributed by atoms with E-state index in [0.717, 1.165) is 0 Å². The first-order chi connectivity index (χ1) is 8.00. The molecule has 8 N–H and O–H groups in total. The number of nitrogens with one attached hydrogen (secondary N) is 8. The quantitative estimate of drug-likeness (QED) is 0.284. The van der Waals surface area contributed by atoms with Crippen molar-refractivity contribution in [3.05, 3.63) is 0 Å². The van der Waals surface area contributed by atoms with Gasteiger partial charge in [-0.15, -0.1) is 0 Å². The summed E-state index contributed by atoms with van der Waals surface area (Å²) >= 11 is 0. The molecule has 0 atom stereocenters. The fraction of sp³-hybridized carbons (Fsp3) is 0. The van der Waals surface area contributed by atoms with Crippen LogP contribution in [0.3, 0.4) is 0 Å². The van der Waals surface area contributed by atoms with Crippen LogP contribution in [0.25, 0.3) is 0 Å². The number of hydrogen-bond donors (Lipinski definition) is 8. The van der Waals surface area contributed by atoms with Gasteiger partial charge in [0.15, 0.2) is 0 Å². The summed E-state index contributed by atoms with van der Waals surface area (Å²) in [6.45, 7) is 20.0. The zero-order valence-corrected chi connectivity index (χ0v) is 9.66. The van der Waals surface area contributed by atoms with Gasteiger partial charge in [-0.05, 0) is 53.7 Å². The molecule has 0 rings (SSSR count). The predicted octanol–water partition coefficient (Wildman–Crippen LogP) is 2.13. The Morgan fingerprint density at radius 3 is 0.188 bits per heavy atom. The minimum absolute atomic E-state index is 2.50.